The Hall–Kier alpha value is -4.76. The van der Waals surface area contributed by atoms with Crippen LogP contribution in [0.4, 0.5) is 17.1 Å². The molecule has 0 bridgehead atoms. The molecule has 3 aromatic carbocycles. The van der Waals surface area contributed by atoms with Gasteiger partial charge in [0.2, 0.25) is 0 Å². The number of benzene rings is 3. The molecule has 9 nitrogen and oxygen atoms in total. The fourth-order valence-electron chi connectivity index (χ4n) is 4.04. The number of anilines is 2. The number of aromatic nitrogens is 2. The molecule has 5 rings (SSSR count). The zero-order valence-corrected chi connectivity index (χ0v) is 18.8. The second-order valence-corrected chi connectivity index (χ2v) is 8.17. The van der Waals surface area contributed by atoms with Crippen molar-refractivity contribution in [3.63, 3.8) is 0 Å². The highest BCUT2D eigenvalue weighted by Gasteiger charge is 2.30. The van der Waals surface area contributed by atoms with Gasteiger partial charge in [0.05, 0.1) is 21.9 Å². The minimum atomic E-state index is -0.473. The van der Waals surface area contributed by atoms with E-state index >= 15 is 0 Å². The number of fused-ring (bicyclic) bond motifs is 1. The van der Waals surface area contributed by atoms with Crippen LogP contribution in [-0.4, -0.2) is 20.8 Å². The lowest BCUT2D eigenvalue weighted by atomic mass is 9.98. The number of carbonyl (C=O) groups is 1. The molecule has 0 aliphatic carbocycles. The van der Waals surface area contributed by atoms with E-state index in [2.05, 4.69) is 20.6 Å². The Morgan fingerprint density at radius 1 is 1.09 bits per heavy atom. The van der Waals surface area contributed by atoms with E-state index in [4.69, 9.17) is 5.73 Å². The standard InChI is InChI=1S/C26H22N6O3/c1-15-28-14-23(29-15)17-6-8-19(9-7-17)30-25(18-4-2-16(13-27)3-5-18)24-21-12-20(32(34)35)10-11-22(21)31-26(24)33/h2-12,14,30H,13,27H2,1H3,(H,28,29)(H,31,33)/b25-24-. The summed E-state index contributed by atoms with van der Waals surface area (Å²) in [5, 5.41) is 17.6. The normalized spacial score (nSPS) is 13.8. The van der Waals surface area contributed by atoms with Gasteiger partial charge in [-0.15, -0.1) is 0 Å². The number of nitrogens with one attached hydrogen (secondary N) is 3. The van der Waals surface area contributed by atoms with E-state index in [0.29, 0.717) is 29.1 Å². The Morgan fingerprint density at radius 3 is 2.46 bits per heavy atom. The number of non-ortho nitro benzene ring substituents is 1. The molecule has 1 amide bonds. The first kappa shape index (κ1) is 22.1. The van der Waals surface area contributed by atoms with Crippen LogP contribution in [0.1, 0.15) is 22.5 Å². The van der Waals surface area contributed by atoms with Gasteiger partial charge in [-0.2, -0.15) is 0 Å². The molecule has 9 heteroatoms. The number of hydrogen-bond donors (Lipinski definition) is 4. The highest BCUT2D eigenvalue weighted by molar-refractivity contribution is 6.37. The zero-order valence-electron chi connectivity index (χ0n) is 18.8. The average molecular weight is 467 g/mol. The Kier molecular flexibility index (Phi) is 5.60. The van der Waals surface area contributed by atoms with Crippen molar-refractivity contribution >= 4 is 34.2 Å². The number of nitrogens with two attached hydrogens (primary N) is 1. The summed E-state index contributed by atoms with van der Waals surface area (Å²) >= 11 is 0. The van der Waals surface area contributed by atoms with Gasteiger partial charge in [0.25, 0.3) is 11.6 Å². The summed E-state index contributed by atoms with van der Waals surface area (Å²) in [5.74, 6) is 0.490. The summed E-state index contributed by atoms with van der Waals surface area (Å²) < 4.78 is 0. The molecule has 174 valence electrons. The Balaban J connectivity index is 1.61. The summed E-state index contributed by atoms with van der Waals surface area (Å²) in [6.45, 7) is 2.28. The molecule has 5 N–H and O–H groups in total. The molecule has 1 aliphatic heterocycles. The number of hydrogen-bond acceptors (Lipinski definition) is 6. The minimum Gasteiger partial charge on any atom is -0.354 e. The van der Waals surface area contributed by atoms with Crippen molar-refractivity contribution in [2.75, 3.05) is 10.6 Å². The monoisotopic (exact) mass is 466 g/mol. The Bertz CT molecular complexity index is 1470. The highest BCUT2D eigenvalue weighted by Crippen LogP contribution is 2.39. The molecule has 35 heavy (non-hydrogen) atoms. The summed E-state index contributed by atoms with van der Waals surface area (Å²) in [6, 6.07) is 19.5. The fourth-order valence-corrected chi connectivity index (χ4v) is 4.04. The summed E-state index contributed by atoms with van der Waals surface area (Å²) in [5.41, 5.74) is 11.8. The third-order valence-electron chi connectivity index (χ3n) is 5.84. The van der Waals surface area contributed by atoms with Crippen molar-refractivity contribution in [2.45, 2.75) is 13.5 Å². The molecular formula is C26H22N6O3. The molecular weight excluding hydrogens is 444 g/mol. The van der Waals surface area contributed by atoms with Crippen LogP contribution in [-0.2, 0) is 11.3 Å². The van der Waals surface area contributed by atoms with E-state index < -0.39 is 4.92 Å². The molecule has 0 fully saturated rings. The van der Waals surface area contributed by atoms with Crippen molar-refractivity contribution in [3.05, 3.63) is 106 Å². The first-order valence-electron chi connectivity index (χ1n) is 11.0. The quantitative estimate of drug-likeness (QED) is 0.185. The Labute approximate surface area is 200 Å². The van der Waals surface area contributed by atoms with Crippen LogP contribution in [0.5, 0.6) is 0 Å². The second-order valence-electron chi connectivity index (χ2n) is 8.17. The van der Waals surface area contributed by atoms with Gasteiger partial charge in [-0.25, -0.2) is 4.98 Å². The lowest BCUT2D eigenvalue weighted by molar-refractivity contribution is -0.384. The molecule has 4 aromatic rings. The van der Waals surface area contributed by atoms with Gasteiger partial charge in [-0.05, 0) is 36.2 Å². The molecule has 2 heterocycles. The maximum absolute atomic E-state index is 13.1. The maximum atomic E-state index is 13.1. The van der Waals surface area contributed by atoms with Crippen LogP contribution >= 0.6 is 0 Å². The first-order chi connectivity index (χ1) is 16.9. The van der Waals surface area contributed by atoms with E-state index in [9.17, 15) is 14.9 Å². The number of nitro benzene ring substituents is 1. The predicted octanol–water partition coefficient (Wildman–Crippen LogP) is 4.68. The van der Waals surface area contributed by atoms with E-state index in [-0.39, 0.29) is 11.6 Å². The van der Waals surface area contributed by atoms with Gasteiger partial charge < -0.3 is 21.4 Å². The molecule has 0 saturated heterocycles. The number of amides is 1. The van der Waals surface area contributed by atoms with Crippen LogP contribution in [0.3, 0.4) is 0 Å². The average Bonchev–Trinajstić information content (AvgIpc) is 3.45. The van der Waals surface area contributed by atoms with Gasteiger partial charge in [-0.3, -0.25) is 14.9 Å². The Morgan fingerprint density at radius 2 is 1.83 bits per heavy atom. The van der Waals surface area contributed by atoms with Gasteiger partial charge in [-0.1, -0.05) is 36.4 Å². The van der Waals surface area contributed by atoms with E-state index in [1.807, 2.05) is 61.7 Å². The van der Waals surface area contributed by atoms with E-state index in [1.165, 1.54) is 12.1 Å². The minimum absolute atomic E-state index is 0.0887. The molecule has 1 aromatic heterocycles. The van der Waals surface area contributed by atoms with E-state index in [0.717, 1.165) is 33.9 Å². The number of imidazole rings is 1. The van der Waals surface area contributed by atoms with Gasteiger partial charge in [0.1, 0.15) is 5.82 Å². The van der Waals surface area contributed by atoms with Crippen LogP contribution < -0.4 is 16.4 Å². The lowest BCUT2D eigenvalue weighted by Gasteiger charge is -2.15. The van der Waals surface area contributed by atoms with Crippen LogP contribution in [0.25, 0.3) is 22.5 Å². The van der Waals surface area contributed by atoms with Gasteiger partial charge in [0.15, 0.2) is 0 Å². The molecule has 0 unspecified atom stereocenters. The van der Waals surface area contributed by atoms with Crippen molar-refractivity contribution in [1.29, 1.82) is 0 Å². The number of rotatable bonds is 6. The largest absolute Gasteiger partial charge is 0.354 e. The van der Waals surface area contributed by atoms with Gasteiger partial charge >= 0.3 is 0 Å². The first-order valence-corrected chi connectivity index (χ1v) is 11.0. The smallest absolute Gasteiger partial charge is 0.270 e. The van der Waals surface area contributed by atoms with Crippen LogP contribution in [0.15, 0.2) is 72.9 Å². The lowest BCUT2D eigenvalue weighted by Crippen LogP contribution is -2.10. The summed E-state index contributed by atoms with van der Waals surface area (Å²) in [6.07, 6.45) is 1.84. The molecule has 1 aliphatic rings. The summed E-state index contributed by atoms with van der Waals surface area (Å²) in [4.78, 5) is 31.5. The van der Waals surface area contributed by atoms with Gasteiger partial charge in [0, 0.05) is 47.4 Å². The van der Waals surface area contributed by atoms with E-state index in [1.54, 1.807) is 6.07 Å². The highest BCUT2D eigenvalue weighted by atomic mass is 16.6. The van der Waals surface area contributed by atoms with Crippen molar-refractivity contribution in [3.8, 4) is 11.3 Å². The molecule has 0 radical (unpaired) electrons. The fraction of sp³-hybridized carbons (Fsp3) is 0.0769. The number of carbonyl (C=O) groups excluding carboxylic acids is 1. The summed E-state index contributed by atoms with van der Waals surface area (Å²) in [7, 11) is 0. The number of nitrogens with zero attached hydrogens (tertiary/aromatic N) is 2. The number of H-pyrrole nitrogens is 1. The molecule has 0 atom stereocenters. The number of nitro groups is 1. The third-order valence-corrected chi connectivity index (χ3v) is 5.84. The van der Waals surface area contributed by atoms with Crippen molar-refractivity contribution < 1.29 is 9.72 Å². The number of aryl methyl sites for hydroxylation is 1. The molecule has 0 saturated carbocycles. The van der Waals surface area contributed by atoms with Crippen LogP contribution in [0, 0.1) is 17.0 Å². The predicted molar refractivity (Wildman–Crippen MR) is 135 cm³/mol. The van der Waals surface area contributed by atoms with Crippen molar-refractivity contribution in [2.24, 2.45) is 5.73 Å². The third kappa shape index (κ3) is 4.28. The second kappa shape index (κ2) is 8.88. The maximum Gasteiger partial charge on any atom is 0.270 e. The SMILES string of the molecule is Cc1nc(-c2ccc(N/C(=C3\C(=O)Nc4ccc([N+](=O)[O-])cc43)c3ccc(CN)cc3)cc2)c[nH]1. The van der Waals surface area contributed by atoms with Crippen molar-refractivity contribution in [1.82, 2.24) is 9.97 Å². The zero-order chi connectivity index (χ0) is 24.5. The van der Waals surface area contributed by atoms with Crippen LogP contribution in [0.2, 0.25) is 0 Å². The number of aromatic amines is 1. The molecule has 0 spiro atoms. The topological polar surface area (TPSA) is 139 Å².